The number of carbonyl (C=O) groups excluding carboxylic acids is 1. The molecular formula is C15H30IN5O. The molecule has 1 amide bonds. The number of aliphatic imine (C=N–C) groups is 1. The topological polar surface area (TPSA) is 51.2 Å². The Bertz CT molecular complexity index is 376. The van der Waals surface area contributed by atoms with Crippen molar-refractivity contribution in [1.82, 2.24) is 20.0 Å². The summed E-state index contributed by atoms with van der Waals surface area (Å²) in [7, 11) is 1.82. The Hall–Kier alpha value is -0.570. The SMILES string of the molecule is CCNC(=NC)N1CCN(C(C)C(=O)N2CCCC2)CC1.I. The van der Waals surface area contributed by atoms with Crippen LogP contribution in [0.5, 0.6) is 0 Å². The third kappa shape index (κ3) is 4.71. The van der Waals surface area contributed by atoms with E-state index < -0.39 is 0 Å². The van der Waals surface area contributed by atoms with Gasteiger partial charge in [-0.3, -0.25) is 14.7 Å². The maximum absolute atomic E-state index is 12.5. The largest absolute Gasteiger partial charge is 0.357 e. The van der Waals surface area contributed by atoms with Crippen molar-refractivity contribution in [3.05, 3.63) is 0 Å². The van der Waals surface area contributed by atoms with E-state index in [1.807, 2.05) is 11.9 Å². The molecule has 6 nitrogen and oxygen atoms in total. The van der Waals surface area contributed by atoms with Crippen molar-refractivity contribution in [2.75, 3.05) is 52.9 Å². The fraction of sp³-hybridized carbons (Fsp3) is 0.867. The van der Waals surface area contributed by atoms with E-state index in [4.69, 9.17) is 0 Å². The number of likely N-dealkylation sites (tertiary alicyclic amines) is 1. The van der Waals surface area contributed by atoms with E-state index in [1.165, 1.54) is 0 Å². The molecule has 2 heterocycles. The number of amides is 1. The Morgan fingerprint density at radius 3 is 2.18 bits per heavy atom. The van der Waals surface area contributed by atoms with Crippen molar-refractivity contribution in [3.63, 3.8) is 0 Å². The maximum Gasteiger partial charge on any atom is 0.239 e. The third-order valence-electron chi connectivity index (χ3n) is 4.48. The number of hydrogen-bond donors (Lipinski definition) is 1. The Kier molecular flexibility index (Phi) is 8.45. The van der Waals surface area contributed by atoms with Crippen LogP contribution < -0.4 is 5.32 Å². The molecular weight excluding hydrogens is 393 g/mol. The minimum absolute atomic E-state index is 0. The van der Waals surface area contributed by atoms with Crippen LogP contribution >= 0.6 is 24.0 Å². The Morgan fingerprint density at radius 2 is 1.68 bits per heavy atom. The first-order valence-electron chi connectivity index (χ1n) is 8.15. The summed E-state index contributed by atoms with van der Waals surface area (Å²) in [5.74, 6) is 1.27. The van der Waals surface area contributed by atoms with Gasteiger partial charge in [-0.1, -0.05) is 0 Å². The predicted molar refractivity (Wildman–Crippen MR) is 101 cm³/mol. The standard InChI is InChI=1S/C15H29N5O.HI/c1-4-17-15(16-3)20-11-9-18(10-12-20)13(2)14(21)19-7-5-6-8-19;/h13H,4-12H2,1-3H3,(H,16,17);1H. The van der Waals surface area contributed by atoms with Gasteiger partial charge < -0.3 is 15.1 Å². The molecule has 22 heavy (non-hydrogen) atoms. The molecule has 2 rings (SSSR count). The third-order valence-corrected chi connectivity index (χ3v) is 4.48. The zero-order valence-electron chi connectivity index (χ0n) is 14.0. The van der Waals surface area contributed by atoms with Gasteiger partial charge in [0.25, 0.3) is 0 Å². The van der Waals surface area contributed by atoms with E-state index in [2.05, 4.69) is 34.0 Å². The molecule has 1 atom stereocenters. The molecule has 1 N–H and O–H groups in total. The Morgan fingerprint density at radius 1 is 1.09 bits per heavy atom. The summed E-state index contributed by atoms with van der Waals surface area (Å²) in [5, 5.41) is 3.30. The number of piperazine rings is 1. The lowest BCUT2D eigenvalue weighted by molar-refractivity contribution is -0.135. The van der Waals surface area contributed by atoms with Gasteiger partial charge in [-0.15, -0.1) is 24.0 Å². The van der Waals surface area contributed by atoms with Gasteiger partial charge in [0, 0.05) is 52.9 Å². The average molecular weight is 423 g/mol. The lowest BCUT2D eigenvalue weighted by atomic mass is 10.2. The zero-order chi connectivity index (χ0) is 15.2. The highest BCUT2D eigenvalue weighted by Crippen LogP contribution is 2.13. The molecule has 0 aromatic rings. The number of nitrogens with one attached hydrogen (secondary N) is 1. The predicted octanol–water partition coefficient (Wildman–Crippen LogP) is 0.828. The van der Waals surface area contributed by atoms with Crippen LogP contribution in [-0.4, -0.2) is 85.5 Å². The van der Waals surface area contributed by atoms with E-state index in [0.29, 0.717) is 5.91 Å². The van der Waals surface area contributed by atoms with Crippen LogP contribution in [0.25, 0.3) is 0 Å². The monoisotopic (exact) mass is 423 g/mol. The van der Waals surface area contributed by atoms with Gasteiger partial charge in [-0.2, -0.15) is 0 Å². The van der Waals surface area contributed by atoms with Crippen molar-refractivity contribution in [1.29, 1.82) is 0 Å². The van der Waals surface area contributed by atoms with Gasteiger partial charge in [-0.05, 0) is 26.7 Å². The van der Waals surface area contributed by atoms with Crippen molar-refractivity contribution in [2.45, 2.75) is 32.7 Å². The molecule has 0 aromatic carbocycles. The fourth-order valence-corrected chi connectivity index (χ4v) is 3.17. The first-order valence-corrected chi connectivity index (χ1v) is 8.15. The molecule has 7 heteroatoms. The molecule has 0 radical (unpaired) electrons. The summed E-state index contributed by atoms with van der Waals surface area (Å²) in [4.78, 5) is 23.4. The number of halogens is 1. The molecule has 0 saturated carbocycles. The van der Waals surface area contributed by atoms with Gasteiger partial charge in [0.05, 0.1) is 6.04 Å². The van der Waals surface area contributed by atoms with Gasteiger partial charge in [0.1, 0.15) is 0 Å². The second kappa shape index (κ2) is 9.54. The van der Waals surface area contributed by atoms with Crippen LogP contribution in [0.15, 0.2) is 4.99 Å². The van der Waals surface area contributed by atoms with E-state index in [9.17, 15) is 4.79 Å². The highest BCUT2D eigenvalue weighted by molar-refractivity contribution is 14.0. The summed E-state index contributed by atoms with van der Waals surface area (Å²) < 4.78 is 0. The minimum atomic E-state index is 0. The van der Waals surface area contributed by atoms with Gasteiger partial charge >= 0.3 is 0 Å². The molecule has 0 aliphatic carbocycles. The fourth-order valence-electron chi connectivity index (χ4n) is 3.17. The maximum atomic E-state index is 12.5. The lowest BCUT2D eigenvalue weighted by Gasteiger charge is -2.39. The van der Waals surface area contributed by atoms with Crippen molar-refractivity contribution in [3.8, 4) is 0 Å². The summed E-state index contributed by atoms with van der Waals surface area (Å²) in [6.07, 6.45) is 2.32. The number of nitrogens with zero attached hydrogens (tertiary/aromatic N) is 4. The minimum Gasteiger partial charge on any atom is -0.357 e. The van der Waals surface area contributed by atoms with Crippen LogP contribution in [0, 0.1) is 0 Å². The number of carbonyl (C=O) groups is 1. The molecule has 0 bridgehead atoms. The molecule has 0 spiro atoms. The van der Waals surface area contributed by atoms with E-state index in [-0.39, 0.29) is 30.0 Å². The second-order valence-electron chi connectivity index (χ2n) is 5.81. The highest BCUT2D eigenvalue weighted by Gasteiger charge is 2.30. The highest BCUT2D eigenvalue weighted by atomic mass is 127. The molecule has 128 valence electrons. The van der Waals surface area contributed by atoms with Crippen molar-refractivity contribution < 1.29 is 4.79 Å². The van der Waals surface area contributed by atoms with Gasteiger partial charge in [0.15, 0.2) is 5.96 Å². The lowest BCUT2D eigenvalue weighted by Crippen LogP contribution is -2.57. The second-order valence-corrected chi connectivity index (χ2v) is 5.81. The normalized spacial score (nSPS) is 21.5. The van der Waals surface area contributed by atoms with Gasteiger partial charge in [0.2, 0.25) is 5.91 Å². The zero-order valence-corrected chi connectivity index (χ0v) is 16.4. The molecule has 2 aliphatic heterocycles. The first-order chi connectivity index (χ1) is 10.2. The van der Waals surface area contributed by atoms with Crippen molar-refractivity contribution in [2.24, 2.45) is 4.99 Å². The first kappa shape index (κ1) is 19.5. The van der Waals surface area contributed by atoms with Crippen LogP contribution in [0.2, 0.25) is 0 Å². The Balaban J connectivity index is 0.00000242. The Labute approximate surface area is 151 Å². The quantitative estimate of drug-likeness (QED) is 0.415. The van der Waals surface area contributed by atoms with Crippen LogP contribution in [0.1, 0.15) is 26.7 Å². The van der Waals surface area contributed by atoms with E-state index in [0.717, 1.165) is 64.6 Å². The molecule has 1 unspecified atom stereocenters. The summed E-state index contributed by atoms with van der Waals surface area (Å²) in [6.45, 7) is 10.6. The van der Waals surface area contributed by atoms with Gasteiger partial charge in [-0.25, -0.2) is 0 Å². The number of guanidine groups is 1. The number of hydrogen-bond acceptors (Lipinski definition) is 3. The molecule has 0 aromatic heterocycles. The smallest absolute Gasteiger partial charge is 0.239 e. The average Bonchev–Trinajstić information content (AvgIpc) is 3.06. The van der Waals surface area contributed by atoms with Crippen LogP contribution in [-0.2, 0) is 4.79 Å². The van der Waals surface area contributed by atoms with Crippen LogP contribution in [0.4, 0.5) is 0 Å². The van der Waals surface area contributed by atoms with Crippen LogP contribution in [0.3, 0.4) is 0 Å². The number of rotatable bonds is 3. The molecule has 2 aliphatic rings. The summed E-state index contributed by atoms with van der Waals surface area (Å²) in [5.41, 5.74) is 0. The van der Waals surface area contributed by atoms with E-state index >= 15 is 0 Å². The summed E-state index contributed by atoms with van der Waals surface area (Å²) >= 11 is 0. The summed E-state index contributed by atoms with van der Waals surface area (Å²) in [6, 6.07) is 0.00593. The molecule has 2 fully saturated rings. The van der Waals surface area contributed by atoms with E-state index in [1.54, 1.807) is 0 Å². The molecule has 2 saturated heterocycles. The van der Waals surface area contributed by atoms with Crippen molar-refractivity contribution >= 4 is 35.8 Å².